The topological polar surface area (TPSA) is 68.8 Å². The number of aromatic nitrogens is 2. The molecule has 0 N–H and O–H groups in total. The summed E-state index contributed by atoms with van der Waals surface area (Å²) in [6.07, 6.45) is 13.9. The molecule has 0 saturated heterocycles. The van der Waals surface area contributed by atoms with E-state index in [1.54, 1.807) is 37.7 Å². The zero-order valence-corrected chi connectivity index (χ0v) is 21.3. The van der Waals surface area contributed by atoms with E-state index < -0.39 is 0 Å². The van der Waals surface area contributed by atoms with E-state index in [9.17, 15) is 4.79 Å². The molecule has 1 heterocycles. The van der Waals surface area contributed by atoms with Crippen molar-refractivity contribution in [1.29, 1.82) is 0 Å². The Morgan fingerprint density at radius 1 is 1.22 bits per heavy atom. The molecule has 0 aliphatic heterocycles. The lowest BCUT2D eigenvalue weighted by Crippen LogP contribution is -2.23. The molecule has 2 aliphatic rings. The Hall–Kier alpha value is -3.80. The van der Waals surface area contributed by atoms with Gasteiger partial charge in [0.05, 0.1) is 24.5 Å². The van der Waals surface area contributed by atoms with Crippen molar-refractivity contribution in [2.45, 2.75) is 52.2 Å². The second kappa shape index (κ2) is 11.8. The molecular formula is C30H33N4O2. The third kappa shape index (κ3) is 6.45. The number of hydrogen-bond acceptors (Lipinski definition) is 5. The van der Waals surface area contributed by atoms with Crippen molar-refractivity contribution in [3.05, 3.63) is 112 Å². The Morgan fingerprint density at radius 3 is 2.69 bits per heavy atom. The van der Waals surface area contributed by atoms with Gasteiger partial charge in [-0.3, -0.25) is 14.8 Å². The predicted octanol–water partition coefficient (Wildman–Crippen LogP) is 5.71. The zero-order chi connectivity index (χ0) is 25.5. The van der Waals surface area contributed by atoms with Crippen LogP contribution >= 0.6 is 0 Å². The Morgan fingerprint density at radius 2 is 2.00 bits per heavy atom. The van der Waals surface area contributed by atoms with E-state index in [4.69, 9.17) is 4.74 Å². The van der Waals surface area contributed by atoms with E-state index in [0.717, 1.165) is 48.1 Å². The van der Waals surface area contributed by atoms with Gasteiger partial charge < -0.3 is 4.74 Å². The summed E-state index contributed by atoms with van der Waals surface area (Å²) in [5.41, 5.74) is 7.24. The average Bonchev–Trinajstić information content (AvgIpc) is 3.67. The van der Waals surface area contributed by atoms with Crippen LogP contribution in [0.3, 0.4) is 0 Å². The molecule has 1 aromatic heterocycles. The average molecular weight is 482 g/mol. The number of rotatable bonds is 9. The van der Waals surface area contributed by atoms with Gasteiger partial charge in [0, 0.05) is 37.0 Å². The Balaban J connectivity index is 1.47. The van der Waals surface area contributed by atoms with Crippen molar-refractivity contribution in [2.75, 3.05) is 7.05 Å². The minimum absolute atomic E-state index is 0.153. The Bertz CT molecular complexity index is 1320. The van der Waals surface area contributed by atoms with Crippen LogP contribution in [0.15, 0.2) is 93.0 Å². The molecule has 0 fully saturated rings. The number of ether oxygens (including phenoxy) is 1. The second-order valence-electron chi connectivity index (χ2n) is 9.01. The van der Waals surface area contributed by atoms with Gasteiger partial charge in [0.1, 0.15) is 5.76 Å². The third-order valence-corrected chi connectivity index (χ3v) is 6.46. The summed E-state index contributed by atoms with van der Waals surface area (Å²) in [7, 11) is 1.71. The van der Waals surface area contributed by atoms with E-state index in [0.29, 0.717) is 18.0 Å². The SMILES string of the molecule is C=C/C(=C\N=C(C)c1cccc(Cn2nc(/C(C=NC)=C/C)ccc2=O)c1)OC1CCC2=C([CH]2)CC1. The van der Waals surface area contributed by atoms with Gasteiger partial charge in [-0.05, 0) is 68.9 Å². The first kappa shape index (κ1) is 25.3. The summed E-state index contributed by atoms with van der Waals surface area (Å²) < 4.78 is 7.66. The van der Waals surface area contributed by atoms with E-state index in [1.165, 1.54) is 15.8 Å². The van der Waals surface area contributed by atoms with Gasteiger partial charge in [-0.25, -0.2) is 4.68 Å². The largest absolute Gasteiger partial charge is 0.489 e. The molecule has 1 radical (unpaired) electrons. The maximum atomic E-state index is 12.5. The molecule has 6 nitrogen and oxygen atoms in total. The first-order valence-electron chi connectivity index (χ1n) is 12.4. The number of benzene rings is 1. The van der Waals surface area contributed by atoms with Gasteiger partial charge >= 0.3 is 0 Å². The van der Waals surface area contributed by atoms with Gasteiger partial charge in [0.15, 0.2) is 0 Å². The van der Waals surface area contributed by atoms with Crippen LogP contribution in [0.4, 0.5) is 0 Å². The lowest BCUT2D eigenvalue weighted by molar-refractivity contribution is 0.111. The highest BCUT2D eigenvalue weighted by molar-refractivity contribution is 6.08. The minimum atomic E-state index is -0.153. The van der Waals surface area contributed by atoms with Gasteiger partial charge in [0.25, 0.3) is 5.56 Å². The smallest absolute Gasteiger partial charge is 0.267 e. The predicted molar refractivity (Wildman–Crippen MR) is 147 cm³/mol. The molecule has 0 unspecified atom stereocenters. The van der Waals surface area contributed by atoms with E-state index in [2.05, 4.69) is 28.1 Å². The van der Waals surface area contributed by atoms with Gasteiger partial charge in [-0.2, -0.15) is 5.10 Å². The Labute approximate surface area is 213 Å². The summed E-state index contributed by atoms with van der Waals surface area (Å²) in [5.74, 6) is 0.688. The highest BCUT2D eigenvalue weighted by atomic mass is 16.5. The third-order valence-electron chi connectivity index (χ3n) is 6.46. The maximum absolute atomic E-state index is 12.5. The fourth-order valence-corrected chi connectivity index (χ4v) is 4.30. The van der Waals surface area contributed by atoms with Crippen LogP contribution in [0.5, 0.6) is 0 Å². The summed E-state index contributed by atoms with van der Waals surface area (Å²) in [4.78, 5) is 21.2. The standard InChI is InChI=1S/C30H33N4O2/c1-5-23(18-31-4)29-14-15-30(35)34(33-29)20-22-8-7-9-24(16-22)21(3)32-19-27(6-2)36-28-12-10-25-17-26(25)11-13-28/h5-9,14-19,28H,2,10-13,20H2,1,3-4H3/b23-5+,27-19+,31-18?,32-21?. The molecule has 0 saturated carbocycles. The monoisotopic (exact) mass is 481 g/mol. The molecular weight excluding hydrogens is 448 g/mol. The second-order valence-corrected chi connectivity index (χ2v) is 9.01. The number of hydrogen-bond donors (Lipinski definition) is 0. The summed E-state index contributed by atoms with van der Waals surface area (Å²) in [6.45, 7) is 8.15. The van der Waals surface area contributed by atoms with Crippen LogP contribution in [0.25, 0.3) is 5.57 Å². The molecule has 0 atom stereocenters. The van der Waals surface area contributed by atoms with E-state index in [1.807, 2.05) is 44.2 Å². The van der Waals surface area contributed by atoms with Crippen molar-refractivity contribution < 1.29 is 4.74 Å². The number of allylic oxidation sites excluding steroid dienone is 5. The summed E-state index contributed by atoms with van der Waals surface area (Å²) in [6, 6.07) is 11.3. The van der Waals surface area contributed by atoms with Crippen LogP contribution in [0.1, 0.15) is 56.4 Å². The van der Waals surface area contributed by atoms with Crippen molar-refractivity contribution in [1.82, 2.24) is 9.78 Å². The number of aliphatic imine (C=N–C) groups is 2. The molecule has 0 amide bonds. The zero-order valence-electron chi connectivity index (χ0n) is 21.3. The van der Waals surface area contributed by atoms with E-state index in [-0.39, 0.29) is 11.7 Å². The molecule has 2 aromatic rings. The van der Waals surface area contributed by atoms with Crippen LogP contribution in [0, 0.1) is 6.42 Å². The molecule has 4 rings (SSSR count). The van der Waals surface area contributed by atoms with Crippen LogP contribution in [0.2, 0.25) is 0 Å². The quantitative estimate of drug-likeness (QED) is 0.262. The fraction of sp³-hybridized carbons (Fsp3) is 0.300. The van der Waals surface area contributed by atoms with Gasteiger partial charge in [-0.15, -0.1) is 0 Å². The highest BCUT2D eigenvalue weighted by Crippen LogP contribution is 2.41. The van der Waals surface area contributed by atoms with E-state index >= 15 is 0 Å². The molecule has 185 valence electrons. The molecule has 0 bridgehead atoms. The maximum Gasteiger partial charge on any atom is 0.267 e. The van der Waals surface area contributed by atoms with Crippen molar-refractivity contribution in [3.63, 3.8) is 0 Å². The van der Waals surface area contributed by atoms with Crippen molar-refractivity contribution in [3.8, 4) is 0 Å². The normalized spacial score (nSPS) is 17.2. The first-order valence-corrected chi connectivity index (χ1v) is 12.4. The van der Waals surface area contributed by atoms with Gasteiger partial charge in [0.2, 0.25) is 0 Å². The molecule has 36 heavy (non-hydrogen) atoms. The van der Waals surface area contributed by atoms with Crippen LogP contribution < -0.4 is 5.56 Å². The summed E-state index contributed by atoms with van der Waals surface area (Å²) in [5, 5.41) is 4.54. The van der Waals surface area contributed by atoms with Crippen LogP contribution in [-0.4, -0.2) is 34.9 Å². The first-order chi connectivity index (χ1) is 17.5. The fourth-order valence-electron chi connectivity index (χ4n) is 4.30. The highest BCUT2D eigenvalue weighted by Gasteiger charge is 2.27. The van der Waals surface area contributed by atoms with Crippen LogP contribution in [-0.2, 0) is 11.3 Å². The molecule has 2 aliphatic carbocycles. The minimum Gasteiger partial charge on any atom is -0.489 e. The van der Waals surface area contributed by atoms with Crippen molar-refractivity contribution in [2.24, 2.45) is 9.98 Å². The summed E-state index contributed by atoms with van der Waals surface area (Å²) >= 11 is 0. The molecule has 0 spiro atoms. The van der Waals surface area contributed by atoms with Gasteiger partial charge in [-0.1, -0.05) is 42.0 Å². The number of nitrogens with zero attached hydrogens (tertiary/aromatic N) is 4. The lowest BCUT2D eigenvalue weighted by Gasteiger charge is -2.18. The van der Waals surface area contributed by atoms with Crippen molar-refractivity contribution >= 4 is 17.5 Å². The lowest BCUT2D eigenvalue weighted by atomic mass is 10.1. The molecule has 1 aromatic carbocycles. The molecule has 6 heteroatoms. The Kier molecular flexibility index (Phi) is 8.26.